The molecule has 0 aliphatic heterocycles. The monoisotopic (exact) mass is 283 g/mol. The predicted molar refractivity (Wildman–Crippen MR) is 84.8 cm³/mol. The summed E-state index contributed by atoms with van der Waals surface area (Å²) in [7, 11) is 4.29. The molecule has 1 heterocycles. The Morgan fingerprint density at radius 3 is 2.37 bits per heavy atom. The molecule has 0 aliphatic rings. The molecule has 0 radical (unpaired) electrons. The first-order valence-electron chi connectivity index (χ1n) is 7.04. The van der Waals surface area contributed by atoms with Crippen LogP contribution < -0.4 is 5.32 Å². The van der Waals surface area contributed by atoms with Gasteiger partial charge in [-0.05, 0) is 20.0 Å². The number of hydrogen-bond donors (Lipinski definition) is 1. The summed E-state index contributed by atoms with van der Waals surface area (Å²) in [5.74, 6) is 0.656. The number of rotatable bonds is 6. The van der Waals surface area contributed by atoms with Crippen molar-refractivity contribution in [2.24, 2.45) is 5.92 Å². The molecule has 0 aliphatic carbocycles. The molecule has 1 rings (SSSR count). The highest BCUT2D eigenvalue weighted by Crippen LogP contribution is 2.25. The molecule has 0 bridgehead atoms. The van der Waals surface area contributed by atoms with Crippen LogP contribution in [0, 0.1) is 5.92 Å². The van der Waals surface area contributed by atoms with Crippen molar-refractivity contribution in [3.8, 4) is 0 Å². The maximum Gasteiger partial charge on any atom is 0.0982 e. The predicted octanol–water partition coefficient (Wildman–Crippen LogP) is 3.12. The molecule has 0 aromatic carbocycles. The number of aromatic nitrogens is 1. The average Bonchev–Trinajstić information content (AvgIpc) is 2.71. The molecule has 1 atom stereocenters. The van der Waals surface area contributed by atoms with Gasteiger partial charge in [-0.1, -0.05) is 34.6 Å². The van der Waals surface area contributed by atoms with Crippen molar-refractivity contribution in [2.75, 3.05) is 20.6 Å². The zero-order valence-electron chi connectivity index (χ0n) is 13.4. The molecule has 1 aromatic rings. The van der Waals surface area contributed by atoms with Crippen molar-refractivity contribution in [3.05, 3.63) is 16.1 Å². The second-order valence-corrected chi connectivity index (χ2v) is 7.66. The molecule has 110 valence electrons. The Balaban J connectivity index is 2.47. The molecule has 19 heavy (non-hydrogen) atoms. The second-order valence-electron chi connectivity index (χ2n) is 6.80. The number of nitrogens with one attached hydrogen (secondary N) is 1. The van der Waals surface area contributed by atoms with Crippen LogP contribution in [0.2, 0.25) is 0 Å². The summed E-state index contributed by atoms with van der Waals surface area (Å²) >= 11 is 1.77. The largest absolute Gasteiger partial charge is 0.310 e. The van der Waals surface area contributed by atoms with Crippen molar-refractivity contribution in [1.82, 2.24) is 15.2 Å². The van der Waals surface area contributed by atoms with Gasteiger partial charge in [0.05, 0.1) is 10.7 Å². The van der Waals surface area contributed by atoms with Gasteiger partial charge in [0, 0.05) is 29.9 Å². The summed E-state index contributed by atoms with van der Waals surface area (Å²) < 4.78 is 0. The van der Waals surface area contributed by atoms with Gasteiger partial charge in [-0.15, -0.1) is 11.3 Å². The Labute approximate surface area is 122 Å². The first-order valence-corrected chi connectivity index (χ1v) is 7.91. The SMILES string of the molecule is CC(C)C(CNCc1csc(C(C)(C)C)n1)N(C)C. The summed E-state index contributed by atoms with van der Waals surface area (Å²) in [5.41, 5.74) is 1.32. The zero-order valence-corrected chi connectivity index (χ0v) is 14.3. The van der Waals surface area contributed by atoms with Crippen molar-refractivity contribution in [2.45, 2.75) is 52.6 Å². The third-order valence-corrected chi connectivity index (χ3v) is 4.60. The highest BCUT2D eigenvalue weighted by Gasteiger charge is 2.18. The van der Waals surface area contributed by atoms with Gasteiger partial charge in [-0.2, -0.15) is 0 Å². The van der Waals surface area contributed by atoms with Gasteiger partial charge >= 0.3 is 0 Å². The van der Waals surface area contributed by atoms with E-state index in [4.69, 9.17) is 4.98 Å². The van der Waals surface area contributed by atoms with Crippen LogP contribution in [-0.2, 0) is 12.0 Å². The van der Waals surface area contributed by atoms with Crippen LogP contribution in [-0.4, -0.2) is 36.6 Å². The fourth-order valence-electron chi connectivity index (χ4n) is 2.10. The third kappa shape index (κ3) is 5.21. The fraction of sp³-hybridized carbons (Fsp3) is 0.800. The first kappa shape index (κ1) is 16.6. The lowest BCUT2D eigenvalue weighted by Crippen LogP contribution is -2.41. The maximum atomic E-state index is 4.71. The molecule has 0 saturated carbocycles. The molecule has 0 amide bonds. The Kier molecular flexibility index (Phi) is 5.96. The number of nitrogens with zero attached hydrogens (tertiary/aromatic N) is 2. The quantitative estimate of drug-likeness (QED) is 0.869. The molecule has 1 unspecified atom stereocenters. The summed E-state index contributed by atoms with van der Waals surface area (Å²) in [4.78, 5) is 7.00. The average molecular weight is 283 g/mol. The second kappa shape index (κ2) is 6.82. The molecule has 4 heteroatoms. The first-order chi connectivity index (χ1) is 8.71. The van der Waals surface area contributed by atoms with Gasteiger partial charge in [-0.3, -0.25) is 0 Å². The summed E-state index contributed by atoms with van der Waals surface area (Å²) in [6.07, 6.45) is 0. The minimum Gasteiger partial charge on any atom is -0.310 e. The van der Waals surface area contributed by atoms with E-state index in [2.05, 4.69) is 64.3 Å². The zero-order chi connectivity index (χ0) is 14.6. The van der Waals surface area contributed by atoms with Crippen LogP contribution in [0.25, 0.3) is 0 Å². The molecule has 1 aromatic heterocycles. The Morgan fingerprint density at radius 1 is 1.32 bits per heavy atom. The molecule has 0 fully saturated rings. The van der Waals surface area contributed by atoms with E-state index in [9.17, 15) is 0 Å². The van der Waals surface area contributed by atoms with E-state index in [1.54, 1.807) is 11.3 Å². The van der Waals surface area contributed by atoms with E-state index in [1.807, 2.05) is 0 Å². The van der Waals surface area contributed by atoms with Crippen molar-refractivity contribution in [3.63, 3.8) is 0 Å². The standard InChI is InChI=1S/C15H29N3S/c1-11(2)13(18(6)7)9-16-8-12-10-19-14(17-12)15(3,4)5/h10-11,13,16H,8-9H2,1-7H3. The molecule has 0 spiro atoms. The smallest absolute Gasteiger partial charge is 0.0982 e. The summed E-state index contributed by atoms with van der Waals surface area (Å²) in [5, 5.41) is 6.93. The number of likely N-dealkylation sites (N-methyl/N-ethyl adjacent to an activating group) is 1. The van der Waals surface area contributed by atoms with Crippen LogP contribution in [0.15, 0.2) is 5.38 Å². The van der Waals surface area contributed by atoms with Gasteiger partial charge in [0.15, 0.2) is 0 Å². The molecule has 3 nitrogen and oxygen atoms in total. The Bertz CT molecular complexity index is 369. The Morgan fingerprint density at radius 2 is 1.95 bits per heavy atom. The number of thiazole rings is 1. The van der Waals surface area contributed by atoms with Crippen LogP contribution >= 0.6 is 11.3 Å². The Hall–Kier alpha value is -0.450. The lowest BCUT2D eigenvalue weighted by molar-refractivity contribution is 0.224. The van der Waals surface area contributed by atoms with Gasteiger partial charge in [0.1, 0.15) is 0 Å². The van der Waals surface area contributed by atoms with Crippen molar-refractivity contribution >= 4 is 11.3 Å². The molecule has 1 N–H and O–H groups in total. The minimum absolute atomic E-state index is 0.160. The molecule has 0 saturated heterocycles. The van der Waals surface area contributed by atoms with Crippen LogP contribution in [0.1, 0.15) is 45.3 Å². The summed E-state index contributed by atoms with van der Waals surface area (Å²) in [6.45, 7) is 13.0. The van der Waals surface area contributed by atoms with Gasteiger partial charge < -0.3 is 10.2 Å². The van der Waals surface area contributed by atoms with Crippen LogP contribution in [0.4, 0.5) is 0 Å². The lowest BCUT2D eigenvalue weighted by atomic mass is 9.98. The lowest BCUT2D eigenvalue weighted by Gasteiger charge is -2.28. The molecular formula is C15H29N3S. The summed E-state index contributed by atoms with van der Waals surface area (Å²) in [6, 6.07) is 0.570. The normalized spacial score (nSPS) is 14.4. The van der Waals surface area contributed by atoms with E-state index in [1.165, 1.54) is 5.01 Å². The van der Waals surface area contributed by atoms with Crippen LogP contribution in [0.5, 0.6) is 0 Å². The number of hydrogen-bond acceptors (Lipinski definition) is 4. The van der Waals surface area contributed by atoms with E-state index in [-0.39, 0.29) is 5.41 Å². The van der Waals surface area contributed by atoms with Gasteiger partial charge in [0.2, 0.25) is 0 Å². The van der Waals surface area contributed by atoms with E-state index in [0.717, 1.165) is 18.8 Å². The molecular weight excluding hydrogens is 254 g/mol. The minimum atomic E-state index is 0.160. The van der Waals surface area contributed by atoms with Crippen LogP contribution in [0.3, 0.4) is 0 Å². The van der Waals surface area contributed by atoms with Crippen molar-refractivity contribution in [1.29, 1.82) is 0 Å². The fourth-order valence-corrected chi connectivity index (χ4v) is 3.00. The highest BCUT2D eigenvalue weighted by molar-refractivity contribution is 7.09. The van der Waals surface area contributed by atoms with E-state index < -0.39 is 0 Å². The van der Waals surface area contributed by atoms with Crippen molar-refractivity contribution < 1.29 is 0 Å². The highest BCUT2D eigenvalue weighted by atomic mass is 32.1. The van der Waals surface area contributed by atoms with E-state index in [0.29, 0.717) is 12.0 Å². The maximum absolute atomic E-state index is 4.71. The van der Waals surface area contributed by atoms with Gasteiger partial charge in [0.25, 0.3) is 0 Å². The van der Waals surface area contributed by atoms with Gasteiger partial charge in [-0.25, -0.2) is 4.98 Å². The third-order valence-electron chi connectivity index (χ3n) is 3.29. The van der Waals surface area contributed by atoms with E-state index >= 15 is 0 Å². The topological polar surface area (TPSA) is 28.2 Å².